The molecule has 2 aliphatic rings. The molecule has 4 nitrogen and oxygen atoms in total. The number of carbonyl (C=O) groups excluding carboxylic acids is 1. The molecule has 2 saturated heterocycles. The Morgan fingerprint density at radius 3 is 2.67 bits per heavy atom. The molecule has 0 spiro atoms. The van der Waals surface area contributed by atoms with E-state index in [4.69, 9.17) is 0 Å². The topological polar surface area (TPSA) is 53.2 Å². The van der Waals surface area contributed by atoms with Crippen molar-refractivity contribution in [3.63, 3.8) is 0 Å². The highest BCUT2D eigenvalue weighted by Crippen LogP contribution is 2.09. The molecule has 0 unspecified atom stereocenters. The number of amides is 1. The molecule has 2 aliphatic heterocycles. The summed E-state index contributed by atoms with van der Waals surface area (Å²) >= 11 is 0. The Labute approximate surface area is 91.2 Å². The third-order valence-corrected chi connectivity index (χ3v) is 3.31. The van der Waals surface area contributed by atoms with Gasteiger partial charge in [-0.2, -0.15) is 0 Å². The average molecular weight is 211 g/mol. The van der Waals surface area contributed by atoms with E-state index in [2.05, 4.69) is 16.0 Å². The van der Waals surface area contributed by atoms with Crippen LogP contribution in [0.3, 0.4) is 0 Å². The molecule has 86 valence electrons. The van der Waals surface area contributed by atoms with Gasteiger partial charge in [0.05, 0.1) is 6.04 Å². The van der Waals surface area contributed by atoms with Crippen molar-refractivity contribution in [2.24, 2.45) is 0 Å². The maximum atomic E-state index is 11.7. The molecule has 15 heavy (non-hydrogen) atoms. The fraction of sp³-hybridized carbons (Fsp3) is 0.909. The third kappa shape index (κ3) is 3.18. The molecule has 4 heteroatoms. The van der Waals surface area contributed by atoms with Crippen LogP contribution in [-0.4, -0.2) is 37.6 Å². The van der Waals surface area contributed by atoms with Gasteiger partial charge in [-0.05, 0) is 45.2 Å². The Morgan fingerprint density at radius 2 is 1.87 bits per heavy atom. The molecule has 2 heterocycles. The number of rotatable bonds is 2. The lowest BCUT2D eigenvalue weighted by atomic mass is 10.0. The number of hydrogen-bond acceptors (Lipinski definition) is 3. The van der Waals surface area contributed by atoms with Crippen LogP contribution in [-0.2, 0) is 4.79 Å². The van der Waals surface area contributed by atoms with Gasteiger partial charge in [-0.1, -0.05) is 0 Å². The fourth-order valence-corrected chi connectivity index (χ4v) is 2.37. The molecule has 0 aliphatic carbocycles. The Kier molecular flexibility index (Phi) is 3.97. The average Bonchev–Trinajstić information content (AvgIpc) is 2.46. The summed E-state index contributed by atoms with van der Waals surface area (Å²) in [5, 5.41) is 9.80. The van der Waals surface area contributed by atoms with Crippen LogP contribution in [0.15, 0.2) is 0 Å². The molecule has 0 radical (unpaired) electrons. The molecule has 0 aromatic heterocycles. The van der Waals surface area contributed by atoms with E-state index in [-0.39, 0.29) is 11.9 Å². The van der Waals surface area contributed by atoms with Crippen molar-refractivity contribution >= 4 is 5.91 Å². The van der Waals surface area contributed by atoms with Crippen molar-refractivity contribution in [1.82, 2.24) is 16.0 Å². The summed E-state index contributed by atoms with van der Waals surface area (Å²) in [4.78, 5) is 11.7. The number of piperidine rings is 1. The molecular formula is C11H21N3O. The van der Waals surface area contributed by atoms with Gasteiger partial charge >= 0.3 is 0 Å². The first kappa shape index (κ1) is 10.9. The van der Waals surface area contributed by atoms with Crippen LogP contribution in [0.1, 0.15) is 32.1 Å². The van der Waals surface area contributed by atoms with E-state index >= 15 is 0 Å². The zero-order valence-electron chi connectivity index (χ0n) is 9.22. The summed E-state index contributed by atoms with van der Waals surface area (Å²) in [5.74, 6) is 0.200. The van der Waals surface area contributed by atoms with Crippen LogP contribution in [0.5, 0.6) is 0 Å². The van der Waals surface area contributed by atoms with Gasteiger partial charge in [0.25, 0.3) is 0 Å². The third-order valence-electron chi connectivity index (χ3n) is 3.31. The van der Waals surface area contributed by atoms with Crippen LogP contribution in [0.25, 0.3) is 0 Å². The summed E-state index contributed by atoms with van der Waals surface area (Å²) in [6, 6.07) is 0.579. The molecule has 3 N–H and O–H groups in total. The predicted octanol–water partition coefficient (Wildman–Crippen LogP) is -0.00330. The number of hydrogen-bond donors (Lipinski definition) is 3. The van der Waals surface area contributed by atoms with Gasteiger partial charge in [-0.3, -0.25) is 4.79 Å². The second kappa shape index (κ2) is 5.47. The molecule has 0 aromatic carbocycles. The van der Waals surface area contributed by atoms with E-state index < -0.39 is 0 Å². The molecule has 0 saturated carbocycles. The second-order valence-electron chi connectivity index (χ2n) is 4.53. The van der Waals surface area contributed by atoms with Crippen molar-refractivity contribution < 1.29 is 4.79 Å². The van der Waals surface area contributed by atoms with Gasteiger partial charge in [-0.25, -0.2) is 0 Å². The highest BCUT2D eigenvalue weighted by atomic mass is 16.2. The largest absolute Gasteiger partial charge is 0.355 e. The van der Waals surface area contributed by atoms with Gasteiger partial charge in [0.15, 0.2) is 0 Å². The first-order chi connectivity index (χ1) is 7.36. The summed E-state index contributed by atoms with van der Waals surface area (Å²) < 4.78 is 0. The van der Waals surface area contributed by atoms with E-state index in [1.165, 1.54) is 0 Å². The van der Waals surface area contributed by atoms with Gasteiger partial charge in [-0.15, -0.1) is 0 Å². The van der Waals surface area contributed by atoms with E-state index in [0.717, 1.165) is 51.7 Å². The quantitative estimate of drug-likeness (QED) is 0.602. The standard InChI is InChI=1S/C11H21N3O/c15-11-10(3-1-2-6-13-11)14-9-4-7-12-8-5-9/h9-10,12,14H,1-8H2,(H,13,15)/t10-/m0/s1. The summed E-state index contributed by atoms with van der Waals surface area (Å²) in [7, 11) is 0. The van der Waals surface area contributed by atoms with Gasteiger partial charge in [0.2, 0.25) is 5.91 Å². The molecule has 0 bridgehead atoms. The van der Waals surface area contributed by atoms with E-state index in [0.29, 0.717) is 6.04 Å². The Bertz CT molecular complexity index is 214. The molecule has 2 fully saturated rings. The zero-order chi connectivity index (χ0) is 10.5. The Balaban J connectivity index is 1.82. The second-order valence-corrected chi connectivity index (χ2v) is 4.53. The van der Waals surface area contributed by atoms with Crippen LogP contribution in [0.2, 0.25) is 0 Å². The monoisotopic (exact) mass is 211 g/mol. The highest BCUT2D eigenvalue weighted by Gasteiger charge is 2.24. The minimum Gasteiger partial charge on any atom is -0.355 e. The molecule has 1 atom stereocenters. The lowest BCUT2D eigenvalue weighted by Gasteiger charge is -2.27. The fourth-order valence-electron chi connectivity index (χ4n) is 2.37. The first-order valence-electron chi connectivity index (χ1n) is 6.11. The molecule has 2 rings (SSSR count). The van der Waals surface area contributed by atoms with Crippen LogP contribution in [0.4, 0.5) is 0 Å². The summed E-state index contributed by atoms with van der Waals surface area (Å²) in [5.41, 5.74) is 0. The van der Waals surface area contributed by atoms with Crippen molar-refractivity contribution in [3.8, 4) is 0 Å². The number of carbonyl (C=O) groups is 1. The molecular weight excluding hydrogens is 190 g/mol. The van der Waals surface area contributed by atoms with Crippen molar-refractivity contribution in [2.45, 2.75) is 44.2 Å². The minimum absolute atomic E-state index is 0.0515. The predicted molar refractivity (Wildman–Crippen MR) is 59.7 cm³/mol. The van der Waals surface area contributed by atoms with E-state index in [1.807, 2.05) is 0 Å². The first-order valence-corrected chi connectivity index (χ1v) is 6.11. The minimum atomic E-state index is 0.0515. The van der Waals surface area contributed by atoms with Crippen molar-refractivity contribution in [2.75, 3.05) is 19.6 Å². The van der Waals surface area contributed by atoms with Gasteiger partial charge in [0, 0.05) is 12.6 Å². The highest BCUT2D eigenvalue weighted by molar-refractivity contribution is 5.81. The maximum Gasteiger partial charge on any atom is 0.237 e. The number of nitrogens with one attached hydrogen (secondary N) is 3. The zero-order valence-corrected chi connectivity index (χ0v) is 9.22. The molecule has 1 amide bonds. The van der Waals surface area contributed by atoms with Crippen molar-refractivity contribution in [3.05, 3.63) is 0 Å². The van der Waals surface area contributed by atoms with E-state index in [1.54, 1.807) is 0 Å². The SMILES string of the molecule is O=C1NCCCC[C@@H]1NC1CCNCC1. The maximum absolute atomic E-state index is 11.7. The van der Waals surface area contributed by atoms with Gasteiger partial charge < -0.3 is 16.0 Å². The lowest BCUT2D eigenvalue weighted by Crippen LogP contribution is -2.50. The summed E-state index contributed by atoms with van der Waals surface area (Å²) in [6.45, 7) is 3.00. The van der Waals surface area contributed by atoms with Crippen LogP contribution < -0.4 is 16.0 Å². The van der Waals surface area contributed by atoms with Crippen LogP contribution in [0, 0.1) is 0 Å². The normalized spacial score (nSPS) is 29.6. The Hall–Kier alpha value is -0.610. The lowest BCUT2D eigenvalue weighted by molar-refractivity contribution is -0.123. The smallest absolute Gasteiger partial charge is 0.237 e. The van der Waals surface area contributed by atoms with Gasteiger partial charge in [0.1, 0.15) is 0 Å². The molecule has 0 aromatic rings. The summed E-state index contributed by atoms with van der Waals surface area (Å²) in [6.07, 6.45) is 5.56. The Morgan fingerprint density at radius 1 is 1.07 bits per heavy atom. The van der Waals surface area contributed by atoms with E-state index in [9.17, 15) is 4.79 Å². The van der Waals surface area contributed by atoms with Crippen LogP contribution >= 0.6 is 0 Å². The van der Waals surface area contributed by atoms with Crippen molar-refractivity contribution in [1.29, 1.82) is 0 Å².